The predicted octanol–water partition coefficient (Wildman–Crippen LogP) is -15.0. The summed E-state index contributed by atoms with van der Waals surface area (Å²) in [6, 6.07) is -3.17. The summed E-state index contributed by atoms with van der Waals surface area (Å²) in [5.74, 6) is -7.37. The van der Waals surface area contributed by atoms with Gasteiger partial charge in [-0.3, -0.25) is 10.1 Å². The maximum atomic E-state index is 10.4. The molecule has 0 radical (unpaired) electrons. The number of hydrogen-bond donors (Lipinski definition) is 1. The third-order valence-electron chi connectivity index (χ3n) is 1.65. The molecule has 0 amide bonds. The van der Waals surface area contributed by atoms with Gasteiger partial charge >= 0.3 is 88.7 Å². The Kier molecular flexibility index (Phi) is 16.9. The number of carboxylic acids is 3. The Hall–Kier alpha value is 0.770. The molecule has 0 spiro atoms. The molecule has 0 saturated heterocycles. The maximum Gasteiger partial charge on any atom is 1.00 e. The van der Waals surface area contributed by atoms with Crippen molar-refractivity contribution < 1.29 is 128 Å². The van der Waals surface area contributed by atoms with E-state index in [1.54, 1.807) is 0 Å². The molecule has 10 nitrogen and oxygen atoms in total. The van der Waals surface area contributed by atoms with Crippen LogP contribution in [0.1, 0.15) is 6.42 Å². The second kappa shape index (κ2) is 11.4. The Bertz CT molecular complexity index is 348. The van der Waals surface area contributed by atoms with Crippen molar-refractivity contribution in [2.75, 3.05) is 0 Å². The monoisotopic (exact) mass is 303 g/mol. The number of hydrogen-bond acceptors (Lipinski definition) is 9. The van der Waals surface area contributed by atoms with Crippen LogP contribution in [-0.4, -0.2) is 39.6 Å². The molecule has 0 bridgehead atoms. The van der Waals surface area contributed by atoms with E-state index in [-0.39, 0.29) is 88.7 Å². The van der Waals surface area contributed by atoms with Crippen LogP contribution < -0.4 is 104 Å². The van der Waals surface area contributed by atoms with Gasteiger partial charge in [0.2, 0.25) is 0 Å². The zero-order valence-corrected chi connectivity index (χ0v) is 16.4. The fourth-order valence-electron chi connectivity index (χ4n) is 0.956. The molecule has 0 rings (SSSR count). The first kappa shape index (κ1) is 28.0. The van der Waals surface area contributed by atoms with Gasteiger partial charge in [0.05, 0.1) is 5.97 Å². The molecule has 90 valence electrons. The van der Waals surface area contributed by atoms with Crippen molar-refractivity contribution in [3.05, 3.63) is 10.1 Å². The van der Waals surface area contributed by atoms with Gasteiger partial charge in [0.25, 0.3) is 6.04 Å². The Morgan fingerprint density at radius 3 is 1.63 bits per heavy atom. The second-order valence-corrected chi connectivity index (χ2v) is 2.77. The molecule has 2 atom stereocenters. The molecule has 0 aliphatic carbocycles. The second-order valence-electron chi connectivity index (χ2n) is 2.77. The van der Waals surface area contributed by atoms with Gasteiger partial charge in [-0.25, -0.2) is 0 Å². The number of carboxylic acid groups (broad SMARTS) is 3. The maximum absolute atomic E-state index is 10.4. The molecule has 0 fully saturated rings. The number of rotatable bonds is 6. The van der Waals surface area contributed by atoms with Crippen LogP contribution in [0.25, 0.3) is 0 Å². The summed E-state index contributed by atoms with van der Waals surface area (Å²) in [5, 5.41) is 50.0. The molecule has 0 aromatic carbocycles. The largest absolute Gasteiger partial charge is 1.00 e. The average Bonchev–Trinajstić information content (AvgIpc) is 1.99. The van der Waals surface area contributed by atoms with Crippen molar-refractivity contribution in [3.63, 3.8) is 0 Å². The summed E-state index contributed by atoms with van der Waals surface area (Å²) in [5.41, 5.74) is -3.73. The minimum absolute atomic E-state index is 0. The molecule has 0 aromatic rings. The number of aliphatic hydroxyl groups is 1. The minimum Gasteiger partial charge on any atom is -0.550 e. The number of carbonyl (C=O) groups excluding carboxylic acids is 3. The molecule has 1 N–H and O–H groups in total. The first-order valence-electron chi connectivity index (χ1n) is 3.61. The van der Waals surface area contributed by atoms with Crippen molar-refractivity contribution >= 4 is 17.9 Å². The fourth-order valence-corrected chi connectivity index (χ4v) is 0.956. The smallest absolute Gasteiger partial charge is 0.550 e. The van der Waals surface area contributed by atoms with Crippen LogP contribution in [0.2, 0.25) is 0 Å². The summed E-state index contributed by atoms with van der Waals surface area (Å²) >= 11 is 0. The van der Waals surface area contributed by atoms with Crippen LogP contribution in [0, 0.1) is 10.1 Å². The van der Waals surface area contributed by atoms with Gasteiger partial charge in [-0.2, -0.15) is 0 Å². The number of aliphatic carboxylic acids is 3. The molecular weight excluding hydrogens is 299 g/mol. The Morgan fingerprint density at radius 1 is 1.11 bits per heavy atom. The molecule has 13 heteroatoms. The van der Waals surface area contributed by atoms with Gasteiger partial charge < -0.3 is 34.8 Å². The van der Waals surface area contributed by atoms with Crippen LogP contribution in [0.4, 0.5) is 0 Å². The Balaban J connectivity index is -0.000000375. The standard InChI is InChI=1S/C6H7NO9.3Na/c8-2(9)1-6(14,5(12)13)3(4(10)11)7(15)16;;;/h3,14H,1H2,(H,8,9)(H,10,11)(H,12,13);;;/q;3*+1/p-3. The Morgan fingerprint density at radius 2 is 1.47 bits per heavy atom. The van der Waals surface area contributed by atoms with Gasteiger partial charge in [-0.15, -0.1) is 0 Å². The zero-order valence-electron chi connectivity index (χ0n) is 10.4. The Labute approximate surface area is 172 Å². The molecule has 19 heavy (non-hydrogen) atoms. The van der Waals surface area contributed by atoms with Gasteiger partial charge in [-0.1, -0.05) is 0 Å². The van der Waals surface area contributed by atoms with Gasteiger partial charge in [0, 0.05) is 17.3 Å². The van der Waals surface area contributed by atoms with E-state index in [0.29, 0.717) is 0 Å². The summed E-state index contributed by atoms with van der Waals surface area (Å²) in [4.78, 5) is 39.2. The van der Waals surface area contributed by atoms with Gasteiger partial charge in [-0.05, 0) is 0 Å². The average molecular weight is 303 g/mol. The first-order valence-corrected chi connectivity index (χ1v) is 3.61. The third kappa shape index (κ3) is 7.95. The summed E-state index contributed by atoms with van der Waals surface area (Å²) < 4.78 is 0. The van der Waals surface area contributed by atoms with Crippen LogP contribution in [0.15, 0.2) is 0 Å². The summed E-state index contributed by atoms with van der Waals surface area (Å²) in [6.07, 6.45) is -1.81. The van der Waals surface area contributed by atoms with E-state index in [0.717, 1.165) is 0 Å². The van der Waals surface area contributed by atoms with Crippen LogP contribution >= 0.6 is 0 Å². The van der Waals surface area contributed by atoms with E-state index in [4.69, 9.17) is 5.11 Å². The quantitative estimate of drug-likeness (QED) is 0.282. The molecule has 0 heterocycles. The molecule has 0 saturated carbocycles. The van der Waals surface area contributed by atoms with Crippen LogP contribution in [0.3, 0.4) is 0 Å². The molecule has 0 aliphatic heterocycles. The van der Waals surface area contributed by atoms with E-state index in [1.165, 1.54) is 0 Å². The summed E-state index contributed by atoms with van der Waals surface area (Å²) in [6.45, 7) is 0. The van der Waals surface area contributed by atoms with Crippen molar-refractivity contribution in [3.8, 4) is 0 Å². The minimum atomic E-state index is -3.73. The van der Waals surface area contributed by atoms with E-state index in [9.17, 15) is 39.8 Å². The van der Waals surface area contributed by atoms with E-state index in [2.05, 4.69) is 0 Å². The van der Waals surface area contributed by atoms with E-state index < -0.39 is 40.9 Å². The predicted molar refractivity (Wildman–Crippen MR) is 35.4 cm³/mol. The van der Waals surface area contributed by atoms with Crippen molar-refractivity contribution in [2.24, 2.45) is 0 Å². The molecule has 0 aliphatic rings. The van der Waals surface area contributed by atoms with E-state index >= 15 is 0 Å². The molecular formula is C6H4NNa3O9. The number of nitro groups is 1. The normalized spacial score (nSPS) is 13.3. The van der Waals surface area contributed by atoms with Crippen molar-refractivity contribution in [1.29, 1.82) is 0 Å². The van der Waals surface area contributed by atoms with Gasteiger partial charge in [0.1, 0.15) is 5.97 Å². The van der Waals surface area contributed by atoms with Crippen LogP contribution in [0.5, 0.6) is 0 Å². The SMILES string of the molecule is O=C([O-])CC(O)(C(=O)[O-])C(C(=O)[O-])[N+](=O)[O-].[Na+].[Na+].[Na+]. The third-order valence-corrected chi connectivity index (χ3v) is 1.65. The van der Waals surface area contributed by atoms with Gasteiger partial charge in [0.15, 0.2) is 5.60 Å². The molecule has 0 aromatic heterocycles. The molecule has 2 unspecified atom stereocenters. The fraction of sp³-hybridized carbons (Fsp3) is 0.500. The topological polar surface area (TPSA) is 184 Å². The first-order chi connectivity index (χ1) is 7.12. The summed E-state index contributed by atoms with van der Waals surface area (Å²) in [7, 11) is 0. The number of nitrogens with zero attached hydrogens (tertiary/aromatic N) is 1. The van der Waals surface area contributed by atoms with Crippen LogP contribution in [-0.2, 0) is 14.4 Å². The zero-order chi connectivity index (χ0) is 13.1. The van der Waals surface area contributed by atoms with Crippen molar-refractivity contribution in [2.45, 2.75) is 18.1 Å². The van der Waals surface area contributed by atoms with E-state index in [1.807, 2.05) is 0 Å². The van der Waals surface area contributed by atoms with Crippen molar-refractivity contribution in [1.82, 2.24) is 0 Å². The number of carbonyl (C=O) groups is 3.